The molecule has 0 heterocycles. The third-order valence-electron chi connectivity index (χ3n) is 4.98. The van der Waals surface area contributed by atoms with E-state index in [1.165, 1.54) is 18.3 Å². The van der Waals surface area contributed by atoms with Gasteiger partial charge in [-0.25, -0.2) is 15.0 Å². The zero-order chi connectivity index (χ0) is 26.7. The molecule has 9 heteroatoms. The Morgan fingerprint density at radius 3 is 2.05 bits per heavy atom. The Bertz CT molecular complexity index is 1460. The first kappa shape index (κ1) is 26.1. The van der Waals surface area contributed by atoms with Crippen LogP contribution in [0.15, 0.2) is 108 Å². The molecule has 0 saturated heterocycles. The molecule has 1 amide bonds. The minimum absolute atomic E-state index is 0.0744. The summed E-state index contributed by atoms with van der Waals surface area (Å²) in [5.74, 6) is -1.04. The molecule has 38 heavy (non-hydrogen) atoms. The summed E-state index contributed by atoms with van der Waals surface area (Å²) in [6, 6.07) is 28.0. The highest BCUT2D eigenvalue weighted by Crippen LogP contribution is 2.26. The molecule has 0 radical (unpaired) electrons. The van der Waals surface area contributed by atoms with Crippen molar-refractivity contribution in [1.82, 2.24) is 5.43 Å². The molecule has 0 saturated carbocycles. The van der Waals surface area contributed by atoms with Crippen molar-refractivity contribution in [2.45, 2.75) is 0 Å². The van der Waals surface area contributed by atoms with E-state index >= 15 is 0 Å². The highest BCUT2D eigenvalue weighted by Gasteiger charge is 2.15. The molecular weight excluding hydrogens is 508 g/mol. The van der Waals surface area contributed by atoms with Gasteiger partial charge in [0.2, 0.25) is 0 Å². The first-order chi connectivity index (χ1) is 18.5. The quantitative estimate of drug-likeness (QED) is 0.137. The van der Waals surface area contributed by atoms with Crippen LogP contribution in [0.25, 0.3) is 0 Å². The van der Waals surface area contributed by atoms with E-state index in [0.29, 0.717) is 27.5 Å². The van der Waals surface area contributed by atoms with Crippen molar-refractivity contribution in [2.75, 3.05) is 6.61 Å². The smallest absolute Gasteiger partial charge is 0.343 e. The van der Waals surface area contributed by atoms with E-state index in [-0.39, 0.29) is 18.1 Å². The van der Waals surface area contributed by atoms with Gasteiger partial charge in [0.15, 0.2) is 6.61 Å². The summed E-state index contributed by atoms with van der Waals surface area (Å²) in [6.45, 7) is -0.290. The number of halogens is 1. The molecule has 8 nitrogen and oxygen atoms in total. The summed E-state index contributed by atoms with van der Waals surface area (Å²) in [5.41, 5.74) is 3.39. The summed E-state index contributed by atoms with van der Waals surface area (Å²) < 4.78 is 16.4. The Hall–Kier alpha value is -4.95. The molecular formula is C29H21ClN2O6. The van der Waals surface area contributed by atoms with Crippen molar-refractivity contribution >= 4 is 35.7 Å². The number of carbonyl (C=O) groups is 3. The fraction of sp³-hybridized carbons (Fsp3) is 0.0345. The van der Waals surface area contributed by atoms with E-state index < -0.39 is 17.8 Å². The van der Waals surface area contributed by atoms with Gasteiger partial charge in [-0.3, -0.25) is 4.79 Å². The lowest BCUT2D eigenvalue weighted by atomic mass is 10.2. The summed E-state index contributed by atoms with van der Waals surface area (Å²) in [6.07, 6.45) is 1.30. The molecule has 0 fully saturated rings. The molecule has 0 atom stereocenters. The van der Waals surface area contributed by atoms with E-state index in [9.17, 15) is 14.4 Å². The number of benzene rings is 4. The zero-order valence-electron chi connectivity index (χ0n) is 19.9. The highest BCUT2D eigenvalue weighted by molar-refractivity contribution is 6.30. The third kappa shape index (κ3) is 7.52. The van der Waals surface area contributed by atoms with Gasteiger partial charge in [-0.05, 0) is 54.6 Å². The van der Waals surface area contributed by atoms with Crippen LogP contribution in [0.1, 0.15) is 26.3 Å². The lowest BCUT2D eigenvalue weighted by molar-refractivity contribution is -0.123. The molecule has 0 aliphatic rings. The van der Waals surface area contributed by atoms with Gasteiger partial charge < -0.3 is 14.2 Å². The molecule has 190 valence electrons. The number of nitrogens with one attached hydrogen (secondary N) is 1. The van der Waals surface area contributed by atoms with Crippen LogP contribution in [0.5, 0.6) is 17.2 Å². The second-order valence-electron chi connectivity index (χ2n) is 7.75. The van der Waals surface area contributed by atoms with Gasteiger partial charge >= 0.3 is 11.9 Å². The van der Waals surface area contributed by atoms with Gasteiger partial charge in [0.1, 0.15) is 17.2 Å². The highest BCUT2D eigenvalue weighted by atomic mass is 35.5. The number of amides is 1. The number of hydrogen-bond donors (Lipinski definition) is 1. The van der Waals surface area contributed by atoms with Crippen LogP contribution in [0.3, 0.4) is 0 Å². The molecule has 0 spiro atoms. The average Bonchev–Trinajstić information content (AvgIpc) is 2.94. The van der Waals surface area contributed by atoms with E-state index in [1.54, 1.807) is 91.0 Å². The third-order valence-corrected chi connectivity index (χ3v) is 5.21. The summed E-state index contributed by atoms with van der Waals surface area (Å²) in [5, 5.41) is 4.40. The predicted octanol–water partition coefficient (Wildman–Crippen LogP) is 5.31. The monoisotopic (exact) mass is 528 g/mol. The van der Waals surface area contributed by atoms with Gasteiger partial charge in [-0.1, -0.05) is 54.1 Å². The minimum Gasteiger partial charge on any atom is -0.484 e. The van der Waals surface area contributed by atoms with Gasteiger partial charge in [0.25, 0.3) is 5.91 Å². The van der Waals surface area contributed by atoms with Gasteiger partial charge in [0.05, 0.1) is 17.3 Å². The first-order valence-electron chi connectivity index (χ1n) is 11.4. The topological polar surface area (TPSA) is 103 Å². The van der Waals surface area contributed by atoms with Crippen molar-refractivity contribution in [1.29, 1.82) is 0 Å². The predicted molar refractivity (Wildman–Crippen MR) is 142 cm³/mol. The minimum atomic E-state index is -0.620. The van der Waals surface area contributed by atoms with E-state index in [4.69, 9.17) is 25.8 Å². The Balaban J connectivity index is 1.47. The van der Waals surface area contributed by atoms with Gasteiger partial charge in [0, 0.05) is 16.7 Å². The van der Waals surface area contributed by atoms with Crippen molar-refractivity contribution in [3.8, 4) is 17.2 Å². The Morgan fingerprint density at radius 1 is 0.737 bits per heavy atom. The number of ether oxygens (including phenoxy) is 3. The largest absolute Gasteiger partial charge is 0.484 e. The number of esters is 2. The molecule has 1 N–H and O–H groups in total. The molecule has 4 aromatic carbocycles. The average molecular weight is 529 g/mol. The lowest BCUT2D eigenvalue weighted by Gasteiger charge is -2.10. The van der Waals surface area contributed by atoms with Crippen LogP contribution in [-0.2, 0) is 4.79 Å². The second kappa shape index (κ2) is 12.8. The number of hydrogen-bond acceptors (Lipinski definition) is 7. The Labute approximate surface area is 223 Å². The normalized spacial score (nSPS) is 10.6. The lowest BCUT2D eigenvalue weighted by Crippen LogP contribution is -2.24. The van der Waals surface area contributed by atoms with Crippen LogP contribution in [0, 0.1) is 0 Å². The molecule has 0 bridgehead atoms. The SMILES string of the molecule is O=C(COc1cccc(Cl)c1)N/N=C\c1ccc(OC(=O)c2ccccc2)cc1OC(=O)c1ccccc1. The molecule has 0 aliphatic carbocycles. The molecule has 0 aliphatic heterocycles. The fourth-order valence-corrected chi connectivity index (χ4v) is 3.34. The van der Waals surface area contributed by atoms with Crippen LogP contribution in [0.4, 0.5) is 0 Å². The maximum absolute atomic E-state index is 12.7. The second-order valence-corrected chi connectivity index (χ2v) is 8.19. The van der Waals surface area contributed by atoms with Gasteiger partial charge in [-0.15, -0.1) is 0 Å². The molecule has 0 aromatic heterocycles. The summed E-state index contributed by atoms with van der Waals surface area (Å²) >= 11 is 5.90. The number of carbonyl (C=O) groups excluding carboxylic acids is 3. The molecule has 0 unspecified atom stereocenters. The standard InChI is InChI=1S/C29H21ClN2O6/c30-23-12-7-13-24(16-23)36-19-27(33)32-31-18-22-14-15-25(37-28(34)20-8-3-1-4-9-20)17-26(22)38-29(35)21-10-5-2-6-11-21/h1-18H,19H2,(H,32,33)/b31-18-. The van der Waals surface area contributed by atoms with E-state index in [1.807, 2.05) is 0 Å². The van der Waals surface area contributed by atoms with E-state index in [0.717, 1.165) is 0 Å². The van der Waals surface area contributed by atoms with Crippen LogP contribution >= 0.6 is 11.6 Å². The van der Waals surface area contributed by atoms with Crippen molar-refractivity contribution in [2.24, 2.45) is 5.10 Å². The fourth-order valence-electron chi connectivity index (χ4n) is 3.16. The Morgan fingerprint density at radius 2 is 1.39 bits per heavy atom. The van der Waals surface area contributed by atoms with Crippen molar-refractivity contribution < 1.29 is 28.6 Å². The molecule has 4 rings (SSSR count). The number of hydrazone groups is 1. The van der Waals surface area contributed by atoms with Crippen LogP contribution in [0.2, 0.25) is 5.02 Å². The van der Waals surface area contributed by atoms with E-state index in [2.05, 4.69) is 10.5 Å². The van der Waals surface area contributed by atoms with Gasteiger partial charge in [-0.2, -0.15) is 5.10 Å². The molecule has 4 aromatic rings. The number of nitrogens with zero attached hydrogens (tertiary/aromatic N) is 1. The summed E-state index contributed by atoms with van der Waals surface area (Å²) in [7, 11) is 0. The van der Waals surface area contributed by atoms with Crippen LogP contribution < -0.4 is 19.6 Å². The van der Waals surface area contributed by atoms with Crippen molar-refractivity contribution in [3.63, 3.8) is 0 Å². The van der Waals surface area contributed by atoms with Crippen LogP contribution in [-0.4, -0.2) is 30.7 Å². The maximum Gasteiger partial charge on any atom is 0.343 e. The number of rotatable bonds is 9. The maximum atomic E-state index is 12.7. The zero-order valence-corrected chi connectivity index (χ0v) is 20.6. The van der Waals surface area contributed by atoms with Crippen molar-refractivity contribution in [3.05, 3.63) is 125 Å². The summed E-state index contributed by atoms with van der Waals surface area (Å²) in [4.78, 5) is 37.3. The first-order valence-corrected chi connectivity index (χ1v) is 11.7. The Kier molecular flexibility index (Phi) is 8.83.